The van der Waals surface area contributed by atoms with Crippen LogP contribution in [0.5, 0.6) is 0 Å². The summed E-state index contributed by atoms with van der Waals surface area (Å²) in [6.45, 7) is 0. The number of nitrogens with one attached hydrogen (secondary N) is 1. The number of nitrogens with zero attached hydrogens (tertiary/aromatic N) is 2. The maximum atomic E-state index is 13.6. The largest absolute Gasteiger partial charge is 0.367 e. The molecule has 0 saturated heterocycles. The predicted molar refractivity (Wildman–Crippen MR) is 78.5 cm³/mol. The van der Waals surface area contributed by atoms with E-state index in [1.807, 2.05) is 0 Å². The number of amides is 1. The van der Waals surface area contributed by atoms with Gasteiger partial charge in [-0.3, -0.25) is 9.78 Å². The minimum Gasteiger partial charge on any atom is -0.367 e. The molecule has 2 heterocycles. The fourth-order valence-corrected chi connectivity index (χ4v) is 1.98. The van der Waals surface area contributed by atoms with Gasteiger partial charge in [0.2, 0.25) is 5.88 Å². The molecule has 6 nitrogen and oxygen atoms in total. The Hall–Kier alpha value is -3.29. The summed E-state index contributed by atoms with van der Waals surface area (Å²) in [5.41, 5.74) is 5.86. The number of rotatable bonds is 3. The van der Waals surface area contributed by atoms with Gasteiger partial charge in [-0.15, -0.1) is 0 Å². The highest BCUT2D eigenvalue weighted by Crippen LogP contribution is 2.27. The Morgan fingerprint density at radius 3 is 2.74 bits per heavy atom. The van der Waals surface area contributed by atoms with E-state index in [9.17, 15) is 13.6 Å². The molecule has 0 atom stereocenters. The first-order chi connectivity index (χ1) is 11.1. The number of aromatic nitrogens is 2. The van der Waals surface area contributed by atoms with Crippen LogP contribution < -0.4 is 11.1 Å². The van der Waals surface area contributed by atoms with Gasteiger partial charge in [0.05, 0.1) is 11.4 Å². The zero-order valence-electron chi connectivity index (χ0n) is 11.6. The molecule has 3 N–H and O–H groups in total. The van der Waals surface area contributed by atoms with Gasteiger partial charge in [0.1, 0.15) is 22.9 Å². The van der Waals surface area contributed by atoms with Crippen molar-refractivity contribution in [3.05, 3.63) is 59.8 Å². The lowest BCUT2D eigenvalue weighted by atomic mass is 10.1. The van der Waals surface area contributed by atoms with Gasteiger partial charge in [0, 0.05) is 12.3 Å². The lowest BCUT2D eigenvalue weighted by Gasteiger charge is -2.06. The van der Waals surface area contributed by atoms with Crippen LogP contribution in [-0.4, -0.2) is 16.0 Å². The first-order valence-corrected chi connectivity index (χ1v) is 6.49. The van der Waals surface area contributed by atoms with Gasteiger partial charge < -0.3 is 15.6 Å². The van der Waals surface area contributed by atoms with E-state index in [4.69, 9.17) is 10.3 Å². The Balaban J connectivity index is 1.96. The van der Waals surface area contributed by atoms with Crippen molar-refractivity contribution in [2.24, 2.45) is 0 Å². The maximum Gasteiger partial charge on any atom is 0.263 e. The Kier molecular flexibility index (Phi) is 3.71. The average Bonchev–Trinajstić information content (AvgIpc) is 2.93. The van der Waals surface area contributed by atoms with Gasteiger partial charge in [0.25, 0.3) is 5.91 Å². The quantitative estimate of drug-likeness (QED) is 0.775. The van der Waals surface area contributed by atoms with Crippen LogP contribution in [0.15, 0.2) is 47.1 Å². The van der Waals surface area contributed by atoms with E-state index in [1.165, 1.54) is 6.20 Å². The van der Waals surface area contributed by atoms with Gasteiger partial charge in [-0.25, -0.2) is 8.78 Å². The Morgan fingerprint density at radius 1 is 1.22 bits per heavy atom. The van der Waals surface area contributed by atoms with Gasteiger partial charge in [0.15, 0.2) is 0 Å². The van der Waals surface area contributed by atoms with Gasteiger partial charge >= 0.3 is 0 Å². The number of nitrogen functional groups attached to an aromatic ring is 1. The van der Waals surface area contributed by atoms with Crippen LogP contribution in [0.3, 0.4) is 0 Å². The second kappa shape index (κ2) is 5.84. The zero-order chi connectivity index (χ0) is 16.4. The third-order valence-electron chi connectivity index (χ3n) is 3.03. The Morgan fingerprint density at radius 2 is 2.04 bits per heavy atom. The summed E-state index contributed by atoms with van der Waals surface area (Å²) in [5, 5.41) is 6.01. The fourth-order valence-electron chi connectivity index (χ4n) is 1.98. The first kappa shape index (κ1) is 14.6. The molecule has 1 aromatic carbocycles. The highest BCUT2D eigenvalue weighted by Gasteiger charge is 2.24. The molecule has 0 spiro atoms. The molecule has 0 unspecified atom stereocenters. The first-order valence-electron chi connectivity index (χ1n) is 6.49. The monoisotopic (exact) mass is 316 g/mol. The summed E-state index contributed by atoms with van der Waals surface area (Å²) >= 11 is 0. The standard InChI is InChI=1S/C15H10F2N4O2/c16-8-4-5-10(9(17)7-8)20-15(22)12-13(21-23-14(12)18)11-3-1-2-6-19-11/h1-7H,18H2,(H,20,22). The van der Waals surface area contributed by atoms with Crippen molar-refractivity contribution < 1.29 is 18.1 Å². The number of anilines is 2. The molecule has 23 heavy (non-hydrogen) atoms. The molecular weight excluding hydrogens is 306 g/mol. The van der Waals surface area contributed by atoms with Crippen molar-refractivity contribution >= 4 is 17.5 Å². The second-order valence-electron chi connectivity index (χ2n) is 4.56. The highest BCUT2D eigenvalue weighted by molar-refractivity contribution is 6.10. The lowest BCUT2D eigenvalue weighted by Crippen LogP contribution is -2.15. The SMILES string of the molecule is Nc1onc(-c2ccccn2)c1C(=O)Nc1ccc(F)cc1F. The normalized spacial score (nSPS) is 10.5. The van der Waals surface area contributed by atoms with Crippen molar-refractivity contribution in [1.82, 2.24) is 10.1 Å². The zero-order valence-corrected chi connectivity index (χ0v) is 11.6. The van der Waals surface area contributed by atoms with Crippen LogP contribution in [0.1, 0.15) is 10.4 Å². The molecular formula is C15H10F2N4O2. The van der Waals surface area contributed by atoms with Crippen molar-refractivity contribution in [2.45, 2.75) is 0 Å². The summed E-state index contributed by atoms with van der Waals surface area (Å²) in [4.78, 5) is 16.4. The number of hydrogen-bond donors (Lipinski definition) is 2. The van der Waals surface area contributed by atoms with E-state index in [2.05, 4.69) is 15.5 Å². The molecule has 1 amide bonds. The van der Waals surface area contributed by atoms with Crippen LogP contribution >= 0.6 is 0 Å². The van der Waals surface area contributed by atoms with Crippen LogP contribution in [-0.2, 0) is 0 Å². The fraction of sp³-hybridized carbons (Fsp3) is 0. The van der Waals surface area contributed by atoms with Crippen molar-refractivity contribution in [3.63, 3.8) is 0 Å². The molecule has 3 aromatic rings. The molecule has 3 rings (SSSR count). The van der Waals surface area contributed by atoms with Gasteiger partial charge in [-0.2, -0.15) is 0 Å². The topological polar surface area (TPSA) is 94.0 Å². The van der Waals surface area contributed by atoms with E-state index in [1.54, 1.807) is 18.2 Å². The maximum absolute atomic E-state index is 13.6. The van der Waals surface area contributed by atoms with Gasteiger partial charge in [-0.1, -0.05) is 11.2 Å². The summed E-state index contributed by atoms with van der Waals surface area (Å²) in [6, 6.07) is 7.80. The summed E-state index contributed by atoms with van der Waals surface area (Å²) in [7, 11) is 0. The summed E-state index contributed by atoms with van der Waals surface area (Å²) in [5.74, 6) is -2.63. The molecule has 0 aliphatic carbocycles. The third-order valence-corrected chi connectivity index (χ3v) is 3.03. The Bertz CT molecular complexity index is 865. The second-order valence-corrected chi connectivity index (χ2v) is 4.56. The molecule has 116 valence electrons. The number of carbonyl (C=O) groups excluding carboxylic acids is 1. The molecule has 8 heteroatoms. The number of hydrogen-bond acceptors (Lipinski definition) is 5. The predicted octanol–water partition coefficient (Wildman–Crippen LogP) is 2.85. The van der Waals surface area contributed by atoms with Crippen LogP contribution in [0.25, 0.3) is 11.4 Å². The highest BCUT2D eigenvalue weighted by atomic mass is 19.1. The number of carbonyl (C=O) groups is 1. The Labute approximate surface area is 128 Å². The molecule has 0 bridgehead atoms. The van der Waals surface area contributed by atoms with Crippen molar-refractivity contribution in [3.8, 4) is 11.4 Å². The van der Waals surface area contributed by atoms with Gasteiger partial charge in [-0.05, 0) is 24.3 Å². The van der Waals surface area contributed by atoms with Crippen LogP contribution in [0.4, 0.5) is 20.4 Å². The number of benzene rings is 1. The van der Waals surface area contributed by atoms with E-state index in [0.29, 0.717) is 11.8 Å². The molecule has 0 fully saturated rings. The van der Waals surface area contributed by atoms with E-state index >= 15 is 0 Å². The minimum absolute atomic E-state index is 0.0765. The minimum atomic E-state index is -0.909. The van der Waals surface area contributed by atoms with Crippen LogP contribution in [0.2, 0.25) is 0 Å². The summed E-state index contributed by atoms with van der Waals surface area (Å²) in [6.07, 6.45) is 1.52. The van der Waals surface area contributed by atoms with Crippen molar-refractivity contribution in [1.29, 1.82) is 0 Å². The summed E-state index contributed by atoms with van der Waals surface area (Å²) < 4.78 is 31.4. The lowest BCUT2D eigenvalue weighted by molar-refractivity contribution is 0.102. The molecule has 0 aliphatic heterocycles. The number of pyridine rings is 1. The van der Waals surface area contributed by atoms with Crippen molar-refractivity contribution in [2.75, 3.05) is 11.1 Å². The molecule has 0 radical (unpaired) electrons. The third kappa shape index (κ3) is 2.86. The van der Waals surface area contributed by atoms with E-state index < -0.39 is 17.5 Å². The molecule has 0 saturated carbocycles. The molecule has 2 aromatic heterocycles. The number of nitrogens with two attached hydrogens (primary N) is 1. The smallest absolute Gasteiger partial charge is 0.263 e. The van der Waals surface area contributed by atoms with E-state index in [0.717, 1.165) is 12.1 Å². The average molecular weight is 316 g/mol. The molecule has 0 aliphatic rings. The number of halogens is 2. The van der Waals surface area contributed by atoms with Crippen LogP contribution in [0, 0.1) is 11.6 Å². The van der Waals surface area contributed by atoms with E-state index in [-0.39, 0.29) is 22.8 Å².